The molecule has 3 nitrogen and oxygen atoms in total. The molecule has 20 heavy (non-hydrogen) atoms. The van der Waals surface area contributed by atoms with Crippen LogP contribution in [0.5, 0.6) is 5.75 Å². The van der Waals surface area contributed by atoms with Crippen molar-refractivity contribution in [2.24, 2.45) is 5.73 Å². The zero-order valence-electron chi connectivity index (χ0n) is 12.4. The second-order valence-corrected chi connectivity index (χ2v) is 5.47. The monoisotopic (exact) mass is 299 g/mol. The van der Waals surface area contributed by atoms with Gasteiger partial charge in [-0.3, -0.25) is 0 Å². The quantitative estimate of drug-likeness (QED) is 0.907. The number of rotatable bonds is 5. The van der Waals surface area contributed by atoms with Gasteiger partial charge in [-0.05, 0) is 31.7 Å². The molecule has 1 unspecified atom stereocenters. The molecule has 0 bridgehead atoms. The van der Waals surface area contributed by atoms with Crippen molar-refractivity contribution in [3.8, 4) is 5.75 Å². The molecule has 1 aliphatic rings. The first kappa shape index (κ1) is 17.3. The molecule has 0 aliphatic carbocycles. The van der Waals surface area contributed by atoms with Gasteiger partial charge in [0.1, 0.15) is 5.75 Å². The molecule has 0 aromatic heterocycles. The summed E-state index contributed by atoms with van der Waals surface area (Å²) >= 11 is 0. The van der Waals surface area contributed by atoms with Crippen molar-refractivity contribution in [3.05, 3.63) is 29.8 Å². The van der Waals surface area contributed by atoms with E-state index < -0.39 is 0 Å². The molecule has 2 rings (SSSR count). The molecule has 0 amide bonds. The van der Waals surface area contributed by atoms with Gasteiger partial charge >= 0.3 is 0 Å². The van der Waals surface area contributed by atoms with E-state index in [1.807, 2.05) is 12.1 Å². The standard InChI is InChI=1S/C16H25NO2.ClH/c1-3-13(17)12-16(8-10-19-11-9-16)14-6-4-5-7-15(14)18-2;/h4-7,13H,3,8-12,17H2,1-2H3;1H. The SMILES string of the molecule is CCC(N)CC1(c2ccccc2OC)CCOCC1.Cl. The van der Waals surface area contributed by atoms with Crippen LogP contribution in [0.4, 0.5) is 0 Å². The van der Waals surface area contributed by atoms with Crippen LogP contribution in [0.15, 0.2) is 24.3 Å². The third-order valence-corrected chi connectivity index (χ3v) is 4.31. The highest BCUT2D eigenvalue weighted by molar-refractivity contribution is 5.85. The minimum Gasteiger partial charge on any atom is -0.496 e. The Bertz CT molecular complexity index is 405. The van der Waals surface area contributed by atoms with Crippen molar-refractivity contribution in [2.45, 2.75) is 44.1 Å². The van der Waals surface area contributed by atoms with Gasteiger partial charge in [-0.2, -0.15) is 0 Å². The van der Waals surface area contributed by atoms with E-state index in [4.69, 9.17) is 15.2 Å². The lowest BCUT2D eigenvalue weighted by atomic mass is 9.69. The molecule has 1 aromatic rings. The Hall–Kier alpha value is -0.770. The van der Waals surface area contributed by atoms with Gasteiger partial charge in [0, 0.05) is 30.2 Å². The first-order valence-electron chi connectivity index (χ1n) is 7.18. The van der Waals surface area contributed by atoms with E-state index in [1.165, 1.54) is 5.56 Å². The number of ether oxygens (including phenoxy) is 2. The Kier molecular flexibility index (Phi) is 6.80. The normalized spacial score (nSPS) is 18.9. The van der Waals surface area contributed by atoms with Crippen LogP contribution in [-0.4, -0.2) is 26.4 Å². The maximum Gasteiger partial charge on any atom is 0.122 e. The number of benzene rings is 1. The Morgan fingerprint density at radius 2 is 1.95 bits per heavy atom. The summed E-state index contributed by atoms with van der Waals surface area (Å²) in [6.07, 6.45) is 4.08. The summed E-state index contributed by atoms with van der Waals surface area (Å²) in [5.74, 6) is 0.979. The lowest BCUT2D eigenvalue weighted by Crippen LogP contribution is -2.39. The fourth-order valence-corrected chi connectivity index (χ4v) is 3.07. The Morgan fingerprint density at radius 1 is 1.30 bits per heavy atom. The summed E-state index contributed by atoms with van der Waals surface area (Å²) in [6, 6.07) is 8.58. The number of methoxy groups -OCH3 is 1. The van der Waals surface area contributed by atoms with Gasteiger partial charge in [0.05, 0.1) is 7.11 Å². The molecule has 1 fully saturated rings. The van der Waals surface area contributed by atoms with E-state index in [2.05, 4.69) is 19.1 Å². The van der Waals surface area contributed by atoms with Gasteiger partial charge in [-0.1, -0.05) is 25.1 Å². The smallest absolute Gasteiger partial charge is 0.122 e. The number of nitrogens with two attached hydrogens (primary N) is 1. The molecule has 1 saturated heterocycles. The summed E-state index contributed by atoms with van der Waals surface area (Å²) in [5.41, 5.74) is 7.64. The molecule has 1 atom stereocenters. The molecule has 4 heteroatoms. The zero-order valence-corrected chi connectivity index (χ0v) is 13.2. The predicted octanol–water partition coefficient (Wildman–Crippen LogP) is 3.29. The minimum absolute atomic E-state index is 0. The molecule has 2 N–H and O–H groups in total. The summed E-state index contributed by atoms with van der Waals surface area (Å²) < 4.78 is 11.1. The highest BCUT2D eigenvalue weighted by atomic mass is 35.5. The van der Waals surface area contributed by atoms with E-state index in [-0.39, 0.29) is 23.9 Å². The first-order chi connectivity index (χ1) is 9.22. The average Bonchev–Trinajstić information content (AvgIpc) is 2.48. The van der Waals surface area contributed by atoms with Crippen molar-refractivity contribution < 1.29 is 9.47 Å². The average molecular weight is 300 g/mol. The van der Waals surface area contributed by atoms with Gasteiger partial charge in [0.15, 0.2) is 0 Å². The highest BCUT2D eigenvalue weighted by Crippen LogP contribution is 2.43. The molecule has 114 valence electrons. The molecule has 1 aromatic carbocycles. The number of halogens is 1. The van der Waals surface area contributed by atoms with Crippen LogP contribution >= 0.6 is 12.4 Å². The summed E-state index contributed by atoms with van der Waals surface area (Å²) in [6.45, 7) is 3.78. The summed E-state index contributed by atoms with van der Waals surface area (Å²) in [7, 11) is 1.74. The van der Waals surface area contributed by atoms with Crippen LogP contribution < -0.4 is 10.5 Å². The topological polar surface area (TPSA) is 44.5 Å². The van der Waals surface area contributed by atoms with Gasteiger partial charge in [-0.25, -0.2) is 0 Å². The van der Waals surface area contributed by atoms with E-state index >= 15 is 0 Å². The highest BCUT2D eigenvalue weighted by Gasteiger charge is 2.37. The number of para-hydroxylation sites is 1. The molecule has 1 heterocycles. The van der Waals surface area contributed by atoms with Crippen molar-refractivity contribution in [3.63, 3.8) is 0 Å². The maximum absolute atomic E-state index is 6.24. The molecule has 0 radical (unpaired) electrons. The Balaban J connectivity index is 0.00000200. The molecule has 1 aliphatic heterocycles. The Morgan fingerprint density at radius 3 is 2.55 bits per heavy atom. The third-order valence-electron chi connectivity index (χ3n) is 4.31. The van der Waals surface area contributed by atoms with Gasteiger partial charge in [0.2, 0.25) is 0 Å². The Labute approximate surface area is 128 Å². The van der Waals surface area contributed by atoms with Crippen molar-refractivity contribution in [1.82, 2.24) is 0 Å². The summed E-state index contributed by atoms with van der Waals surface area (Å²) in [5, 5.41) is 0. The fourth-order valence-electron chi connectivity index (χ4n) is 3.07. The molecule has 0 spiro atoms. The zero-order chi connectivity index (χ0) is 13.7. The van der Waals surface area contributed by atoms with Crippen molar-refractivity contribution >= 4 is 12.4 Å². The van der Waals surface area contributed by atoms with Crippen LogP contribution in [0.1, 0.15) is 38.2 Å². The molecular weight excluding hydrogens is 274 g/mol. The summed E-state index contributed by atoms with van der Waals surface area (Å²) in [4.78, 5) is 0. The maximum atomic E-state index is 6.24. The molecule has 0 saturated carbocycles. The second kappa shape index (κ2) is 7.87. The van der Waals surface area contributed by atoms with Crippen molar-refractivity contribution in [2.75, 3.05) is 20.3 Å². The lowest BCUT2D eigenvalue weighted by molar-refractivity contribution is 0.0432. The van der Waals surface area contributed by atoms with Crippen LogP contribution in [0, 0.1) is 0 Å². The van der Waals surface area contributed by atoms with Crippen molar-refractivity contribution in [1.29, 1.82) is 0 Å². The van der Waals surface area contributed by atoms with Crippen LogP contribution in [0.25, 0.3) is 0 Å². The minimum atomic E-state index is 0. The fraction of sp³-hybridized carbons (Fsp3) is 0.625. The van der Waals surface area contributed by atoms with E-state index in [0.29, 0.717) is 0 Å². The van der Waals surface area contributed by atoms with Crippen LogP contribution in [0.2, 0.25) is 0 Å². The predicted molar refractivity (Wildman–Crippen MR) is 84.9 cm³/mol. The van der Waals surface area contributed by atoms with Crippen LogP contribution in [-0.2, 0) is 10.2 Å². The second-order valence-electron chi connectivity index (χ2n) is 5.47. The largest absolute Gasteiger partial charge is 0.496 e. The van der Waals surface area contributed by atoms with Gasteiger partial charge in [-0.15, -0.1) is 12.4 Å². The number of hydrogen-bond acceptors (Lipinski definition) is 3. The number of hydrogen-bond donors (Lipinski definition) is 1. The molecular formula is C16H26ClNO2. The van der Waals surface area contributed by atoms with Gasteiger partial charge < -0.3 is 15.2 Å². The van der Waals surface area contributed by atoms with Gasteiger partial charge in [0.25, 0.3) is 0 Å². The lowest BCUT2D eigenvalue weighted by Gasteiger charge is -2.40. The van der Waals surface area contributed by atoms with E-state index in [9.17, 15) is 0 Å². The van der Waals surface area contributed by atoms with Crippen LogP contribution in [0.3, 0.4) is 0 Å². The van der Waals surface area contributed by atoms with E-state index in [0.717, 1.165) is 44.6 Å². The first-order valence-corrected chi connectivity index (χ1v) is 7.18. The third kappa shape index (κ3) is 3.66. The van der Waals surface area contributed by atoms with E-state index in [1.54, 1.807) is 7.11 Å².